The molecule has 0 saturated carbocycles. The molecule has 1 aliphatic carbocycles. The largest absolute Gasteiger partial charge is 0.309 e. The van der Waals surface area contributed by atoms with Crippen molar-refractivity contribution in [1.82, 2.24) is 4.57 Å². The van der Waals surface area contributed by atoms with Gasteiger partial charge in [0.05, 0.1) is 11.0 Å². The van der Waals surface area contributed by atoms with Crippen molar-refractivity contribution in [2.75, 3.05) is 0 Å². The summed E-state index contributed by atoms with van der Waals surface area (Å²) in [5, 5.41) is 10.2. The van der Waals surface area contributed by atoms with Crippen LogP contribution in [0.1, 0.15) is 29.0 Å². The van der Waals surface area contributed by atoms with Gasteiger partial charge in [-0.25, -0.2) is 0 Å². The lowest BCUT2D eigenvalue weighted by atomic mass is 9.88. The van der Waals surface area contributed by atoms with Crippen molar-refractivity contribution >= 4 is 54.1 Å². The second-order valence-corrected chi connectivity index (χ2v) is 19.1. The Labute approximate surface area is 408 Å². The number of benzene rings is 12. The van der Waals surface area contributed by atoms with Crippen molar-refractivity contribution in [2.24, 2.45) is 0 Å². The highest BCUT2D eigenvalue weighted by molar-refractivity contribution is 6.11. The molecular formula is C69H47N. The molecule has 0 spiro atoms. The van der Waals surface area contributed by atoms with Crippen LogP contribution in [0, 0.1) is 0 Å². The third-order valence-electron chi connectivity index (χ3n) is 15.3. The van der Waals surface area contributed by atoms with E-state index in [2.05, 4.69) is 259 Å². The average Bonchev–Trinajstić information content (AvgIpc) is 3.93. The summed E-state index contributed by atoms with van der Waals surface area (Å²) < 4.78 is 2.43. The van der Waals surface area contributed by atoms with Gasteiger partial charge in [0.25, 0.3) is 0 Å². The van der Waals surface area contributed by atoms with E-state index >= 15 is 0 Å². The molecule has 12 aromatic carbocycles. The van der Waals surface area contributed by atoms with Crippen molar-refractivity contribution in [3.8, 4) is 61.3 Å². The number of aromatic nitrogens is 1. The molecule has 1 nitrogen and oxygen atoms in total. The Balaban J connectivity index is 0.756. The molecular weight excluding hydrogens is 843 g/mol. The minimum atomic E-state index is 0.349. The molecule has 0 bridgehead atoms. The number of hydrogen-bond donors (Lipinski definition) is 0. The molecule has 328 valence electrons. The predicted molar refractivity (Wildman–Crippen MR) is 297 cm³/mol. The van der Waals surface area contributed by atoms with Crippen molar-refractivity contribution in [2.45, 2.75) is 18.8 Å². The van der Waals surface area contributed by atoms with Gasteiger partial charge in [0.15, 0.2) is 0 Å². The fraction of sp³-hybridized carbons (Fsp3) is 0.0435. The fourth-order valence-electron chi connectivity index (χ4n) is 11.9. The number of rotatable bonds is 8. The highest BCUT2D eigenvalue weighted by Crippen LogP contribution is 2.49. The Hall–Kier alpha value is -8.78. The third-order valence-corrected chi connectivity index (χ3v) is 15.3. The van der Waals surface area contributed by atoms with Crippen LogP contribution in [0.3, 0.4) is 0 Å². The molecule has 1 aromatic heterocycles. The molecule has 1 atom stereocenters. The van der Waals surface area contributed by atoms with Gasteiger partial charge in [-0.15, -0.1) is 0 Å². The summed E-state index contributed by atoms with van der Waals surface area (Å²) >= 11 is 0. The molecule has 0 N–H and O–H groups in total. The van der Waals surface area contributed by atoms with Crippen LogP contribution in [0.5, 0.6) is 0 Å². The van der Waals surface area contributed by atoms with Crippen LogP contribution in [-0.2, 0) is 6.42 Å². The van der Waals surface area contributed by atoms with Gasteiger partial charge in [-0.3, -0.25) is 0 Å². The summed E-state index contributed by atoms with van der Waals surface area (Å²) in [6, 6.07) is 94.7. The summed E-state index contributed by atoms with van der Waals surface area (Å²) in [6.07, 6.45) is 2.06. The Bertz CT molecular complexity index is 4160. The second kappa shape index (κ2) is 16.5. The molecule has 0 fully saturated rings. The van der Waals surface area contributed by atoms with E-state index in [4.69, 9.17) is 0 Å². The maximum Gasteiger partial charge on any atom is 0.0547 e. The first kappa shape index (κ1) is 40.3. The van der Waals surface area contributed by atoms with E-state index in [0.29, 0.717) is 5.92 Å². The van der Waals surface area contributed by atoms with E-state index in [0.717, 1.165) is 18.5 Å². The molecule has 70 heavy (non-hydrogen) atoms. The lowest BCUT2D eigenvalue weighted by Crippen LogP contribution is -2.00. The van der Waals surface area contributed by atoms with E-state index in [9.17, 15) is 0 Å². The maximum absolute atomic E-state index is 2.47. The van der Waals surface area contributed by atoms with E-state index in [1.165, 1.54) is 126 Å². The van der Waals surface area contributed by atoms with Crippen LogP contribution in [0.15, 0.2) is 255 Å². The van der Waals surface area contributed by atoms with Crippen molar-refractivity contribution in [3.05, 3.63) is 271 Å². The number of para-hydroxylation sites is 1. The number of hydrogen-bond acceptors (Lipinski definition) is 0. The lowest BCUT2D eigenvalue weighted by molar-refractivity contribution is 0.730. The summed E-state index contributed by atoms with van der Waals surface area (Å²) in [5.74, 6) is 0.349. The average molecular weight is 890 g/mol. The van der Waals surface area contributed by atoms with Gasteiger partial charge < -0.3 is 4.57 Å². The fourth-order valence-corrected chi connectivity index (χ4v) is 11.9. The maximum atomic E-state index is 2.47. The summed E-state index contributed by atoms with van der Waals surface area (Å²) in [5.41, 5.74) is 20.6. The zero-order valence-electron chi connectivity index (χ0n) is 38.7. The molecule has 0 aliphatic heterocycles. The molecule has 0 amide bonds. The molecule has 1 aliphatic rings. The van der Waals surface area contributed by atoms with Gasteiger partial charge in [0.2, 0.25) is 0 Å². The zero-order chi connectivity index (χ0) is 46.1. The topological polar surface area (TPSA) is 4.93 Å². The Morgan fingerprint density at radius 1 is 0.286 bits per heavy atom. The molecule has 1 heterocycles. The number of fused-ring (bicyclic) bond motifs is 9. The van der Waals surface area contributed by atoms with Gasteiger partial charge >= 0.3 is 0 Å². The highest BCUT2D eigenvalue weighted by atomic mass is 15.0. The zero-order valence-corrected chi connectivity index (χ0v) is 38.7. The highest BCUT2D eigenvalue weighted by Gasteiger charge is 2.29. The summed E-state index contributed by atoms with van der Waals surface area (Å²) in [6.45, 7) is 0. The SMILES string of the molecule is c1ccc2c(c1)-c1ccc(-c3cccc4ccccc34)cc1C2CCc1ccc(-c2cccc3c(-c4ccc(-n5c6ccccc6c6ccc(-c7cccc8ccccc78)cc65)cc4)cccc23)cc1. The predicted octanol–water partition coefficient (Wildman–Crippen LogP) is 18.7. The number of aryl methyl sites for hydroxylation is 1. The van der Waals surface area contributed by atoms with Gasteiger partial charge in [-0.2, -0.15) is 0 Å². The minimum Gasteiger partial charge on any atom is -0.309 e. The van der Waals surface area contributed by atoms with Gasteiger partial charge in [-0.1, -0.05) is 224 Å². The van der Waals surface area contributed by atoms with Crippen molar-refractivity contribution in [1.29, 1.82) is 0 Å². The smallest absolute Gasteiger partial charge is 0.0547 e. The first-order chi connectivity index (χ1) is 34.7. The molecule has 0 radical (unpaired) electrons. The lowest BCUT2D eigenvalue weighted by Gasteiger charge is -2.16. The quantitative estimate of drug-likeness (QED) is 0.143. The molecule has 14 rings (SSSR count). The summed E-state index contributed by atoms with van der Waals surface area (Å²) in [7, 11) is 0. The monoisotopic (exact) mass is 889 g/mol. The number of nitrogens with zero attached hydrogens (tertiary/aromatic N) is 1. The third kappa shape index (κ3) is 6.61. The minimum absolute atomic E-state index is 0.349. The second-order valence-electron chi connectivity index (χ2n) is 19.1. The van der Waals surface area contributed by atoms with Gasteiger partial charge in [0.1, 0.15) is 0 Å². The van der Waals surface area contributed by atoms with Gasteiger partial charge in [0, 0.05) is 22.4 Å². The molecule has 13 aromatic rings. The van der Waals surface area contributed by atoms with Crippen LogP contribution in [0.2, 0.25) is 0 Å². The van der Waals surface area contributed by atoms with E-state index < -0.39 is 0 Å². The van der Waals surface area contributed by atoms with Crippen LogP contribution in [0.4, 0.5) is 0 Å². The molecule has 0 saturated heterocycles. The van der Waals surface area contributed by atoms with E-state index in [1.807, 2.05) is 0 Å². The molecule has 1 heteroatoms. The first-order valence-corrected chi connectivity index (χ1v) is 24.7. The van der Waals surface area contributed by atoms with Crippen LogP contribution in [0.25, 0.3) is 115 Å². The van der Waals surface area contributed by atoms with Crippen LogP contribution >= 0.6 is 0 Å². The Morgan fingerprint density at radius 3 is 1.43 bits per heavy atom. The Morgan fingerprint density at radius 2 is 0.743 bits per heavy atom. The Kier molecular flexibility index (Phi) is 9.49. The van der Waals surface area contributed by atoms with Crippen molar-refractivity contribution < 1.29 is 0 Å². The van der Waals surface area contributed by atoms with Gasteiger partial charge in [-0.05, 0) is 148 Å². The molecule has 1 unspecified atom stereocenters. The first-order valence-electron chi connectivity index (χ1n) is 24.7. The van der Waals surface area contributed by atoms with Crippen LogP contribution in [-0.4, -0.2) is 4.57 Å². The summed E-state index contributed by atoms with van der Waals surface area (Å²) in [4.78, 5) is 0. The standard InChI is InChI=1S/C69H47N/c1-3-17-53-46(13-1)15-9-22-57(53)50-36-41-64-62-20-6-5-19-61(62)63(67(64)43-50)40-31-45-29-32-48(33-30-45)55-24-11-27-60-56(25-12-26-59(55)60)49-34-38-52(39-35-49)70-68-28-8-7-21-65(68)66-42-37-51(44-69(66)70)58-23-10-16-47-14-2-4-18-54(47)58/h1-30,32-39,41-44,63H,31,40H2. The normalized spacial score (nSPS) is 13.1. The van der Waals surface area contributed by atoms with Crippen LogP contribution < -0.4 is 0 Å². The van der Waals surface area contributed by atoms with E-state index in [1.54, 1.807) is 0 Å². The van der Waals surface area contributed by atoms with Crippen molar-refractivity contribution in [3.63, 3.8) is 0 Å². The van der Waals surface area contributed by atoms with E-state index in [-0.39, 0.29) is 0 Å².